The molecule has 0 fully saturated rings. The standard InChI is InChI=1S/C14H23ClN2O3/c1-19-13-9-12(15)8-11(14(13)20-2)10-17-5-3-4-16-6-7-18/h8-9,16-18H,3-7,10H2,1-2H3. The van der Waals surface area contributed by atoms with Crippen LogP contribution in [0.5, 0.6) is 11.5 Å². The van der Waals surface area contributed by atoms with E-state index in [9.17, 15) is 0 Å². The minimum absolute atomic E-state index is 0.174. The van der Waals surface area contributed by atoms with Crippen LogP contribution in [0.1, 0.15) is 12.0 Å². The van der Waals surface area contributed by atoms with Crippen LogP contribution in [0, 0.1) is 0 Å². The van der Waals surface area contributed by atoms with Gasteiger partial charge in [-0.1, -0.05) is 11.6 Å². The number of aliphatic hydroxyl groups excluding tert-OH is 1. The molecular formula is C14H23ClN2O3. The van der Waals surface area contributed by atoms with Gasteiger partial charge in [0.05, 0.1) is 20.8 Å². The Balaban J connectivity index is 2.45. The molecule has 0 amide bonds. The summed E-state index contributed by atoms with van der Waals surface area (Å²) in [5.41, 5.74) is 0.972. The van der Waals surface area contributed by atoms with Gasteiger partial charge in [0.25, 0.3) is 0 Å². The topological polar surface area (TPSA) is 62.8 Å². The number of ether oxygens (including phenoxy) is 2. The maximum absolute atomic E-state index is 8.63. The van der Waals surface area contributed by atoms with Crippen LogP contribution >= 0.6 is 11.6 Å². The molecule has 6 heteroatoms. The third-order valence-electron chi connectivity index (χ3n) is 2.83. The van der Waals surface area contributed by atoms with Crippen molar-refractivity contribution in [3.63, 3.8) is 0 Å². The van der Waals surface area contributed by atoms with Crippen LogP contribution in [0.2, 0.25) is 5.02 Å². The Morgan fingerprint density at radius 1 is 1.10 bits per heavy atom. The Morgan fingerprint density at radius 3 is 2.50 bits per heavy atom. The smallest absolute Gasteiger partial charge is 0.165 e. The molecule has 114 valence electrons. The summed E-state index contributed by atoms with van der Waals surface area (Å²) in [7, 11) is 3.21. The molecule has 20 heavy (non-hydrogen) atoms. The summed E-state index contributed by atoms with van der Waals surface area (Å²) >= 11 is 6.06. The number of aliphatic hydroxyl groups is 1. The molecule has 1 aromatic rings. The maximum atomic E-state index is 8.63. The molecule has 0 unspecified atom stereocenters. The highest BCUT2D eigenvalue weighted by molar-refractivity contribution is 6.30. The van der Waals surface area contributed by atoms with Gasteiger partial charge < -0.3 is 25.2 Å². The van der Waals surface area contributed by atoms with Gasteiger partial charge in [-0.05, 0) is 25.6 Å². The molecule has 0 saturated heterocycles. The van der Waals surface area contributed by atoms with Crippen molar-refractivity contribution in [1.29, 1.82) is 0 Å². The van der Waals surface area contributed by atoms with Crippen LogP contribution in [-0.4, -0.2) is 45.6 Å². The second-order valence-corrected chi connectivity index (χ2v) is 4.74. The van der Waals surface area contributed by atoms with Crippen molar-refractivity contribution in [3.05, 3.63) is 22.7 Å². The molecule has 0 saturated carbocycles. The van der Waals surface area contributed by atoms with E-state index in [1.54, 1.807) is 20.3 Å². The quantitative estimate of drug-likeness (QED) is 0.571. The van der Waals surface area contributed by atoms with Gasteiger partial charge >= 0.3 is 0 Å². The largest absolute Gasteiger partial charge is 0.493 e. The number of hydrogen-bond acceptors (Lipinski definition) is 5. The first-order chi connectivity index (χ1) is 9.72. The zero-order valence-electron chi connectivity index (χ0n) is 12.0. The second kappa shape index (κ2) is 9.83. The molecule has 0 aliphatic heterocycles. The van der Waals surface area contributed by atoms with E-state index in [0.717, 1.165) is 25.1 Å². The zero-order valence-corrected chi connectivity index (χ0v) is 12.8. The average Bonchev–Trinajstić information content (AvgIpc) is 2.45. The van der Waals surface area contributed by atoms with Crippen molar-refractivity contribution in [2.75, 3.05) is 40.5 Å². The molecule has 0 spiro atoms. The summed E-state index contributed by atoms with van der Waals surface area (Å²) in [4.78, 5) is 0. The monoisotopic (exact) mass is 302 g/mol. The first kappa shape index (κ1) is 17.0. The van der Waals surface area contributed by atoms with Gasteiger partial charge in [-0.2, -0.15) is 0 Å². The van der Waals surface area contributed by atoms with Crippen molar-refractivity contribution < 1.29 is 14.6 Å². The molecule has 0 aliphatic rings. The van der Waals surface area contributed by atoms with Gasteiger partial charge in [0.1, 0.15) is 0 Å². The number of hydrogen-bond donors (Lipinski definition) is 3. The number of benzene rings is 1. The SMILES string of the molecule is COc1cc(Cl)cc(CNCCCNCCO)c1OC. The van der Waals surface area contributed by atoms with E-state index < -0.39 is 0 Å². The van der Waals surface area contributed by atoms with Crippen molar-refractivity contribution in [3.8, 4) is 11.5 Å². The lowest BCUT2D eigenvalue weighted by Gasteiger charge is -2.14. The zero-order chi connectivity index (χ0) is 14.8. The van der Waals surface area contributed by atoms with E-state index in [1.807, 2.05) is 6.07 Å². The normalized spacial score (nSPS) is 10.6. The fourth-order valence-electron chi connectivity index (χ4n) is 1.90. The van der Waals surface area contributed by atoms with E-state index in [1.165, 1.54) is 0 Å². The third kappa shape index (κ3) is 5.54. The van der Waals surface area contributed by atoms with Gasteiger partial charge in [-0.15, -0.1) is 0 Å². The molecule has 1 rings (SSSR count). The minimum Gasteiger partial charge on any atom is -0.493 e. The van der Waals surface area contributed by atoms with E-state index in [-0.39, 0.29) is 6.61 Å². The molecule has 5 nitrogen and oxygen atoms in total. The van der Waals surface area contributed by atoms with Gasteiger partial charge in [0.15, 0.2) is 11.5 Å². The van der Waals surface area contributed by atoms with Crippen molar-refractivity contribution in [1.82, 2.24) is 10.6 Å². The molecule has 0 aliphatic carbocycles. The first-order valence-electron chi connectivity index (χ1n) is 6.65. The van der Waals surface area contributed by atoms with Crippen LogP contribution in [-0.2, 0) is 6.54 Å². The Bertz CT molecular complexity index is 402. The van der Waals surface area contributed by atoms with Crippen molar-refractivity contribution in [2.45, 2.75) is 13.0 Å². The lowest BCUT2D eigenvalue weighted by atomic mass is 10.2. The van der Waals surface area contributed by atoms with Crippen molar-refractivity contribution >= 4 is 11.6 Å². The fraction of sp³-hybridized carbons (Fsp3) is 0.571. The highest BCUT2D eigenvalue weighted by atomic mass is 35.5. The summed E-state index contributed by atoms with van der Waals surface area (Å²) in [5.74, 6) is 1.35. The average molecular weight is 303 g/mol. The van der Waals surface area contributed by atoms with Gasteiger partial charge in [0, 0.05) is 29.7 Å². The Kier molecular flexibility index (Phi) is 8.37. The van der Waals surface area contributed by atoms with Gasteiger partial charge in [-0.3, -0.25) is 0 Å². The summed E-state index contributed by atoms with van der Waals surface area (Å²) in [5, 5.41) is 15.7. The second-order valence-electron chi connectivity index (χ2n) is 4.30. The van der Waals surface area contributed by atoms with E-state index in [2.05, 4.69) is 10.6 Å². The van der Waals surface area contributed by atoms with E-state index >= 15 is 0 Å². The number of nitrogens with one attached hydrogen (secondary N) is 2. The first-order valence-corrected chi connectivity index (χ1v) is 7.03. The maximum Gasteiger partial charge on any atom is 0.165 e. The summed E-state index contributed by atoms with van der Waals surface area (Å²) in [6.07, 6.45) is 0.986. The highest BCUT2D eigenvalue weighted by Gasteiger charge is 2.11. The fourth-order valence-corrected chi connectivity index (χ4v) is 2.13. The Morgan fingerprint density at radius 2 is 1.85 bits per heavy atom. The Hall–Kier alpha value is -1.01. The van der Waals surface area contributed by atoms with Crippen LogP contribution in [0.25, 0.3) is 0 Å². The minimum atomic E-state index is 0.174. The number of methoxy groups -OCH3 is 2. The highest BCUT2D eigenvalue weighted by Crippen LogP contribution is 2.34. The summed E-state index contributed by atoms with van der Waals surface area (Å²) < 4.78 is 10.6. The predicted octanol–water partition coefficient (Wildman–Crippen LogP) is 1.42. The molecular weight excluding hydrogens is 280 g/mol. The lowest BCUT2D eigenvalue weighted by Crippen LogP contribution is -2.24. The van der Waals surface area contributed by atoms with Crippen LogP contribution < -0.4 is 20.1 Å². The van der Waals surface area contributed by atoms with Crippen LogP contribution in [0.15, 0.2) is 12.1 Å². The molecule has 0 radical (unpaired) electrons. The van der Waals surface area contributed by atoms with E-state index in [4.69, 9.17) is 26.2 Å². The molecule has 0 bridgehead atoms. The number of rotatable bonds is 10. The number of halogens is 1. The predicted molar refractivity (Wildman–Crippen MR) is 80.8 cm³/mol. The molecule has 0 aromatic heterocycles. The van der Waals surface area contributed by atoms with Crippen LogP contribution in [0.4, 0.5) is 0 Å². The van der Waals surface area contributed by atoms with Gasteiger partial charge in [-0.25, -0.2) is 0 Å². The molecule has 0 heterocycles. The lowest BCUT2D eigenvalue weighted by molar-refractivity contribution is 0.292. The summed E-state index contributed by atoms with van der Waals surface area (Å²) in [6, 6.07) is 3.61. The van der Waals surface area contributed by atoms with E-state index in [0.29, 0.717) is 29.6 Å². The third-order valence-corrected chi connectivity index (χ3v) is 3.05. The molecule has 0 atom stereocenters. The van der Waals surface area contributed by atoms with Gasteiger partial charge in [0.2, 0.25) is 0 Å². The molecule has 3 N–H and O–H groups in total. The van der Waals surface area contributed by atoms with Crippen molar-refractivity contribution in [2.24, 2.45) is 0 Å². The summed E-state index contributed by atoms with van der Waals surface area (Å²) in [6.45, 7) is 3.23. The Labute approximate surface area is 125 Å². The van der Waals surface area contributed by atoms with Crippen LogP contribution in [0.3, 0.4) is 0 Å². The molecule has 1 aromatic carbocycles.